The molecule has 13 heavy (non-hydrogen) atoms. The molecule has 0 aliphatic heterocycles. The molecule has 0 spiro atoms. The molecule has 1 aromatic rings. The second kappa shape index (κ2) is 4.12. The van der Waals surface area contributed by atoms with Crippen LogP contribution in [-0.4, -0.2) is 5.54 Å². The Bertz CT molecular complexity index is 251. The standard InChI is InChI=1S/C11H16ClN/c1-11(2,13)8-10(12)9-6-4-3-5-7-9/h3-7,10H,8,13H2,1-2H3. The van der Waals surface area contributed by atoms with Gasteiger partial charge in [-0.15, -0.1) is 11.6 Å². The Morgan fingerprint density at radius 1 is 1.31 bits per heavy atom. The fraction of sp³-hybridized carbons (Fsp3) is 0.455. The van der Waals surface area contributed by atoms with Crippen molar-refractivity contribution in [3.63, 3.8) is 0 Å². The van der Waals surface area contributed by atoms with Crippen molar-refractivity contribution < 1.29 is 0 Å². The summed E-state index contributed by atoms with van der Waals surface area (Å²) in [5.41, 5.74) is 6.82. The molecule has 0 heterocycles. The third-order valence-corrected chi connectivity index (χ3v) is 2.27. The molecule has 0 aliphatic rings. The van der Waals surface area contributed by atoms with Crippen molar-refractivity contribution in [3.8, 4) is 0 Å². The quantitative estimate of drug-likeness (QED) is 0.741. The van der Waals surface area contributed by atoms with Crippen LogP contribution in [0.4, 0.5) is 0 Å². The van der Waals surface area contributed by atoms with E-state index in [0.29, 0.717) is 0 Å². The zero-order valence-electron chi connectivity index (χ0n) is 8.13. The van der Waals surface area contributed by atoms with Crippen LogP contribution in [-0.2, 0) is 0 Å². The van der Waals surface area contributed by atoms with Gasteiger partial charge in [0.2, 0.25) is 0 Å². The van der Waals surface area contributed by atoms with Gasteiger partial charge in [0.25, 0.3) is 0 Å². The van der Waals surface area contributed by atoms with Crippen LogP contribution in [0, 0.1) is 0 Å². The van der Waals surface area contributed by atoms with E-state index < -0.39 is 0 Å². The lowest BCUT2D eigenvalue weighted by Crippen LogP contribution is -2.32. The first-order valence-electron chi connectivity index (χ1n) is 4.47. The van der Waals surface area contributed by atoms with E-state index in [2.05, 4.69) is 0 Å². The van der Waals surface area contributed by atoms with Crippen LogP contribution in [0.15, 0.2) is 30.3 Å². The number of rotatable bonds is 3. The molecule has 0 amide bonds. The summed E-state index contributed by atoms with van der Waals surface area (Å²) < 4.78 is 0. The third-order valence-electron chi connectivity index (χ3n) is 1.87. The Balaban J connectivity index is 2.64. The van der Waals surface area contributed by atoms with E-state index in [1.807, 2.05) is 44.2 Å². The molecule has 1 nitrogen and oxygen atoms in total. The normalized spacial score (nSPS) is 14.2. The van der Waals surface area contributed by atoms with Crippen molar-refractivity contribution in [2.45, 2.75) is 31.2 Å². The van der Waals surface area contributed by atoms with Crippen LogP contribution < -0.4 is 5.73 Å². The minimum absolute atomic E-state index is 0.0150. The van der Waals surface area contributed by atoms with Gasteiger partial charge in [0.05, 0.1) is 5.38 Å². The number of alkyl halides is 1. The number of hydrogen-bond donors (Lipinski definition) is 1. The Hall–Kier alpha value is -0.530. The van der Waals surface area contributed by atoms with Gasteiger partial charge in [0.1, 0.15) is 0 Å². The summed E-state index contributed by atoms with van der Waals surface area (Å²) in [6, 6.07) is 10.0. The molecule has 0 saturated carbocycles. The lowest BCUT2D eigenvalue weighted by Gasteiger charge is -2.22. The van der Waals surface area contributed by atoms with Gasteiger partial charge in [0, 0.05) is 5.54 Å². The van der Waals surface area contributed by atoms with Crippen LogP contribution in [0.5, 0.6) is 0 Å². The predicted octanol–water partition coefficient (Wildman–Crippen LogP) is 3.09. The molecule has 2 heteroatoms. The molecule has 0 aliphatic carbocycles. The van der Waals surface area contributed by atoms with Crippen LogP contribution >= 0.6 is 11.6 Å². The van der Waals surface area contributed by atoms with Crippen molar-refractivity contribution in [1.82, 2.24) is 0 Å². The van der Waals surface area contributed by atoms with Crippen LogP contribution in [0.3, 0.4) is 0 Å². The topological polar surface area (TPSA) is 26.0 Å². The molecular formula is C11H16ClN. The monoisotopic (exact) mass is 197 g/mol. The molecule has 72 valence electrons. The number of hydrogen-bond acceptors (Lipinski definition) is 1. The first kappa shape index (κ1) is 10.6. The Morgan fingerprint density at radius 3 is 2.31 bits per heavy atom. The minimum atomic E-state index is -0.206. The average molecular weight is 198 g/mol. The Morgan fingerprint density at radius 2 is 1.85 bits per heavy atom. The maximum atomic E-state index is 6.21. The van der Waals surface area contributed by atoms with Crippen LogP contribution in [0.1, 0.15) is 31.2 Å². The van der Waals surface area contributed by atoms with E-state index in [9.17, 15) is 0 Å². The SMILES string of the molecule is CC(C)(N)CC(Cl)c1ccccc1. The zero-order valence-corrected chi connectivity index (χ0v) is 8.88. The van der Waals surface area contributed by atoms with E-state index in [4.69, 9.17) is 17.3 Å². The summed E-state index contributed by atoms with van der Waals surface area (Å²) in [6.07, 6.45) is 0.790. The second-order valence-corrected chi connectivity index (χ2v) is 4.60. The highest BCUT2D eigenvalue weighted by atomic mass is 35.5. The summed E-state index contributed by atoms with van der Waals surface area (Å²) in [5.74, 6) is 0. The number of nitrogens with two attached hydrogens (primary N) is 1. The van der Waals surface area contributed by atoms with Gasteiger partial charge in [-0.3, -0.25) is 0 Å². The van der Waals surface area contributed by atoms with Crippen molar-refractivity contribution in [2.75, 3.05) is 0 Å². The molecule has 0 radical (unpaired) electrons. The fourth-order valence-electron chi connectivity index (χ4n) is 1.24. The van der Waals surface area contributed by atoms with E-state index in [1.54, 1.807) is 0 Å². The fourth-order valence-corrected chi connectivity index (χ4v) is 1.78. The lowest BCUT2D eigenvalue weighted by molar-refractivity contribution is 0.469. The summed E-state index contributed by atoms with van der Waals surface area (Å²) in [6.45, 7) is 3.98. The highest BCUT2D eigenvalue weighted by Crippen LogP contribution is 2.28. The van der Waals surface area contributed by atoms with Crippen molar-refractivity contribution >= 4 is 11.6 Å². The van der Waals surface area contributed by atoms with Gasteiger partial charge in [-0.1, -0.05) is 30.3 Å². The summed E-state index contributed by atoms with van der Waals surface area (Å²) in [7, 11) is 0. The highest BCUT2D eigenvalue weighted by molar-refractivity contribution is 6.20. The molecule has 0 aromatic heterocycles. The Labute approximate surface area is 84.9 Å². The Kier molecular flexibility index (Phi) is 3.34. The third kappa shape index (κ3) is 3.79. The summed E-state index contributed by atoms with van der Waals surface area (Å²) in [5, 5.41) is 0.0150. The van der Waals surface area contributed by atoms with Gasteiger partial charge in [-0.25, -0.2) is 0 Å². The molecule has 1 atom stereocenters. The average Bonchev–Trinajstić information content (AvgIpc) is 2.03. The van der Waals surface area contributed by atoms with E-state index in [1.165, 1.54) is 0 Å². The van der Waals surface area contributed by atoms with Gasteiger partial charge < -0.3 is 5.73 Å². The largest absolute Gasteiger partial charge is 0.325 e. The van der Waals surface area contributed by atoms with Crippen LogP contribution in [0.25, 0.3) is 0 Å². The van der Waals surface area contributed by atoms with Crippen LogP contribution in [0.2, 0.25) is 0 Å². The maximum absolute atomic E-state index is 6.21. The van der Waals surface area contributed by atoms with Gasteiger partial charge in [0.15, 0.2) is 0 Å². The summed E-state index contributed by atoms with van der Waals surface area (Å²) >= 11 is 6.21. The first-order chi connectivity index (χ1) is 5.99. The van der Waals surface area contributed by atoms with Gasteiger partial charge >= 0.3 is 0 Å². The lowest BCUT2D eigenvalue weighted by atomic mass is 9.96. The minimum Gasteiger partial charge on any atom is -0.325 e. The van der Waals surface area contributed by atoms with Crippen molar-refractivity contribution in [1.29, 1.82) is 0 Å². The second-order valence-electron chi connectivity index (χ2n) is 4.07. The molecular weight excluding hydrogens is 182 g/mol. The molecule has 2 N–H and O–H groups in total. The smallest absolute Gasteiger partial charge is 0.0602 e. The molecule has 0 fully saturated rings. The van der Waals surface area contributed by atoms with Gasteiger partial charge in [-0.05, 0) is 25.8 Å². The van der Waals surface area contributed by atoms with E-state index in [0.717, 1.165) is 12.0 Å². The summed E-state index contributed by atoms with van der Waals surface area (Å²) in [4.78, 5) is 0. The molecule has 0 saturated heterocycles. The van der Waals surface area contributed by atoms with E-state index >= 15 is 0 Å². The molecule has 0 bridgehead atoms. The first-order valence-corrected chi connectivity index (χ1v) is 4.90. The van der Waals surface area contributed by atoms with E-state index in [-0.39, 0.29) is 10.9 Å². The van der Waals surface area contributed by atoms with Gasteiger partial charge in [-0.2, -0.15) is 0 Å². The zero-order chi connectivity index (χ0) is 9.90. The highest BCUT2D eigenvalue weighted by Gasteiger charge is 2.17. The molecule has 1 aromatic carbocycles. The van der Waals surface area contributed by atoms with Crippen molar-refractivity contribution in [2.24, 2.45) is 5.73 Å². The van der Waals surface area contributed by atoms with Crippen molar-refractivity contribution in [3.05, 3.63) is 35.9 Å². The molecule has 1 rings (SSSR count). The predicted molar refractivity (Wildman–Crippen MR) is 57.9 cm³/mol. The number of benzene rings is 1. The maximum Gasteiger partial charge on any atom is 0.0602 e. The molecule has 1 unspecified atom stereocenters. The number of halogens is 1.